The number of nitrogens with zero attached hydrogens (tertiary/aromatic N) is 2. The molecule has 2 rings (SSSR count). The lowest BCUT2D eigenvalue weighted by Gasteiger charge is -2.46. The molecule has 1 aliphatic heterocycles. The van der Waals surface area contributed by atoms with Gasteiger partial charge in [0, 0.05) is 42.3 Å². The van der Waals surface area contributed by atoms with E-state index < -0.39 is 0 Å². The van der Waals surface area contributed by atoms with Crippen molar-refractivity contribution < 1.29 is 4.74 Å². The number of hydrogen-bond acceptors (Lipinski definition) is 5. The van der Waals surface area contributed by atoms with Crippen LogP contribution >= 0.6 is 0 Å². The Kier molecular flexibility index (Phi) is 4.96. The first-order valence-corrected chi connectivity index (χ1v) is 7.33. The number of hydrogen-bond donors (Lipinski definition) is 2. The molecule has 1 aromatic rings. The summed E-state index contributed by atoms with van der Waals surface area (Å²) in [6.07, 6.45) is 3.62. The number of likely N-dealkylation sites (N-methyl/N-ethyl adjacent to an activating group) is 1. The smallest absolute Gasteiger partial charge is 0.0594 e. The van der Waals surface area contributed by atoms with Crippen LogP contribution in [0.4, 0.5) is 5.69 Å². The zero-order valence-electron chi connectivity index (χ0n) is 12.7. The van der Waals surface area contributed by atoms with Gasteiger partial charge in [-0.25, -0.2) is 0 Å². The van der Waals surface area contributed by atoms with Crippen LogP contribution in [0.25, 0.3) is 0 Å². The van der Waals surface area contributed by atoms with E-state index in [2.05, 4.69) is 36.0 Å². The molecule has 1 aliphatic rings. The Balaban J connectivity index is 2.29. The van der Waals surface area contributed by atoms with Crippen molar-refractivity contribution in [3.05, 3.63) is 24.0 Å². The maximum absolute atomic E-state index is 6.15. The monoisotopic (exact) mass is 278 g/mol. The second-order valence-corrected chi connectivity index (χ2v) is 5.75. The lowest BCUT2D eigenvalue weighted by Crippen LogP contribution is -2.56. The van der Waals surface area contributed by atoms with E-state index in [1.165, 1.54) is 0 Å². The average molecular weight is 278 g/mol. The number of morpholine rings is 1. The van der Waals surface area contributed by atoms with Gasteiger partial charge in [-0.3, -0.25) is 9.88 Å². The first kappa shape index (κ1) is 15.2. The fourth-order valence-electron chi connectivity index (χ4n) is 2.93. The highest BCUT2D eigenvalue weighted by molar-refractivity contribution is 5.47. The number of ether oxygens (including phenoxy) is 1. The van der Waals surface area contributed by atoms with Crippen molar-refractivity contribution in [2.45, 2.75) is 32.4 Å². The van der Waals surface area contributed by atoms with Gasteiger partial charge in [-0.2, -0.15) is 0 Å². The molecule has 1 atom stereocenters. The van der Waals surface area contributed by atoms with Gasteiger partial charge in [0.05, 0.1) is 19.3 Å². The highest BCUT2D eigenvalue weighted by Crippen LogP contribution is 2.33. The van der Waals surface area contributed by atoms with E-state index in [1.54, 1.807) is 6.20 Å². The number of nitrogens with one attached hydrogen (secondary N) is 1. The molecular formula is C15H26N4O. The summed E-state index contributed by atoms with van der Waals surface area (Å²) in [5.41, 5.74) is 7.98. The number of pyridine rings is 1. The van der Waals surface area contributed by atoms with E-state index in [0.29, 0.717) is 0 Å². The van der Waals surface area contributed by atoms with Crippen LogP contribution in [-0.2, 0) is 4.74 Å². The quantitative estimate of drug-likeness (QED) is 0.853. The van der Waals surface area contributed by atoms with Gasteiger partial charge < -0.3 is 15.8 Å². The van der Waals surface area contributed by atoms with Gasteiger partial charge in [-0.15, -0.1) is 0 Å². The zero-order valence-corrected chi connectivity index (χ0v) is 12.7. The summed E-state index contributed by atoms with van der Waals surface area (Å²) in [6, 6.07) is 2.02. The molecule has 0 aliphatic carbocycles. The summed E-state index contributed by atoms with van der Waals surface area (Å²) in [7, 11) is 0. The summed E-state index contributed by atoms with van der Waals surface area (Å²) in [5, 5.41) is 3.57. The molecule has 0 bridgehead atoms. The van der Waals surface area contributed by atoms with Crippen molar-refractivity contribution in [1.29, 1.82) is 0 Å². The third-order valence-electron chi connectivity index (χ3n) is 4.14. The van der Waals surface area contributed by atoms with Gasteiger partial charge >= 0.3 is 0 Å². The minimum Gasteiger partial charge on any atom is -0.398 e. The fourth-order valence-corrected chi connectivity index (χ4v) is 2.93. The lowest BCUT2D eigenvalue weighted by molar-refractivity contribution is -0.0235. The number of nitrogen functional groups attached to an aromatic ring is 1. The number of rotatable bonds is 5. The SMILES string of the molecule is CCNC(c1cnccc1N)C(C)(C)N1CCOCC1. The van der Waals surface area contributed by atoms with Crippen LogP contribution in [0, 0.1) is 0 Å². The molecule has 0 aromatic carbocycles. The molecule has 1 aromatic heterocycles. The molecule has 2 heterocycles. The molecule has 0 spiro atoms. The highest BCUT2D eigenvalue weighted by Gasteiger charge is 2.37. The third kappa shape index (κ3) is 3.11. The molecule has 1 fully saturated rings. The first-order valence-electron chi connectivity index (χ1n) is 7.33. The molecule has 1 saturated heterocycles. The average Bonchev–Trinajstić information content (AvgIpc) is 2.46. The normalized spacial score (nSPS) is 18.9. The Morgan fingerprint density at radius 2 is 2.15 bits per heavy atom. The Labute approximate surface area is 121 Å². The standard InChI is InChI=1S/C15H26N4O/c1-4-18-14(12-11-17-6-5-13(12)16)15(2,3)19-7-9-20-10-8-19/h5-6,11,14,18H,4,7-10H2,1-3H3,(H2,16,17). The van der Waals surface area contributed by atoms with Crippen LogP contribution in [-0.4, -0.2) is 48.3 Å². The van der Waals surface area contributed by atoms with E-state index in [0.717, 1.165) is 44.1 Å². The van der Waals surface area contributed by atoms with E-state index in [4.69, 9.17) is 10.5 Å². The van der Waals surface area contributed by atoms with E-state index in [-0.39, 0.29) is 11.6 Å². The maximum Gasteiger partial charge on any atom is 0.0594 e. The molecule has 5 nitrogen and oxygen atoms in total. The van der Waals surface area contributed by atoms with Crippen LogP contribution in [0.5, 0.6) is 0 Å². The van der Waals surface area contributed by atoms with Crippen molar-refractivity contribution >= 4 is 5.69 Å². The predicted octanol–water partition coefficient (Wildman–Crippen LogP) is 1.43. The van der Waals surface area contributed by atoms with Gasteiger partial charge in [0.2, 0.25) is 0 Å². The molecule has 20 heavy (non-hydrogen) atoms. The Hall–Kier alpha value is -1.17. The topological polar surface area (TPSA) is 63.4 Å². The summed E-state index contributed by atoms with van der Waals surface area (Å²) in [5.74, 6) is 0. The zero-order chi connectivity index (χ0) is 14.6. The van der Waals surface area contributed by atoms with Gasteiger partial charge in [0.15, 0.2) is 0 Å². The molecule has 0 radical (unpaired) electrons. The molecule has 112 valence electrons. The molecule has 1 unspecified atom stereocenters. The van der Waals surface area contributed by atoms with Gasteiger partial charge in [-0.1, -0.05) is 6.92 Å². The molecular weight excluding hydrogens is 252 g/mol. The molecule has 3 N–H and O–H groups in total. The predicted molar refractivity (Wildman–Crippen MR) is 81.5 cm³/mol. The second kappa shape index (κ2) is 6.52. The number of aromatic nitrogens is 1. The van der Waals surface area contributed by atoms with Gasteiger partial charge in [-0.05, 0) is 26.5 Å². The van der Waals surface area contributed by atoms with Crippen LogP contribution in [0.15, 0.2) is 18.5 Å². The maximum atomic E-state index is 6.15. The van der Waals surface area contributed by atoms with E-state index >= 15 is 0 Å². The Morgan fingerprint density at radius 3 is 2.75 bits per heavy atom. The van der Waals surface area contributed by atoms with Gasteiger partial charge in [0.25, 0.3) is 0 Å². The third-order valence-corrected chi connectivity index (χ3v) is 4.14. The van der Waals surface area contributed by atoms with Gasteiger partial charge in [0.1, 0.15) is 0 Å². The van der Waals surface area contributed by atoms with Crippen molar-refractivity contribution in [1.82, 2.24) is 15.2 Å². The lowest BCUT2D eigenvalue weighted by atomic mass is 9.86. The first-order chi connectivity index (χ1) is 9.57. The Morgan fingerprint density at radius 1 is 1.45 bits per heavy atom. The van der Waals surface area contributed by atoms with E-state index in [9.17, 15) is 0 Å². The summed E-state index contributed by atoms with van der Waals surface area (Å²) in [4.78, 5) is 6.71. The summed E-state index contributed by atoms with van der Waals surface area (Å²) < 4.78 is 5.46. The van der Waals surface area contributed by atoms with Crippen molar-refractivity contribution in [3.8, 4) is 0 Å². The summed E-state index contributed by atoms with van der Waals surface area (Å²) in [6.45, 7) is 11.0. The minimum atomic E-state index is -0.0447. The highest BCUT2D eigenvalue weighted by atomic mass is 16.5. The molecule has 5 heteroatoms. The molecule has 0 amide bonds. The van der Waals surface area contributed by atoms with Crippen LogP contribution in [0.3, 0.4) is 0 Å². The number of nitrogens with two attached hydrogens (primary N) is 1. The minimum absolute atomic E-state index is 0.0447. The van der Waals surface area contributed by atoms with Crippen molar-refractivity contribution in [2.24, 2.45) is 0 Å². The fraction of sp³-hybridized carbons (Fsp3) is 0.667. The summed E-state index contributed by atoms with van der Waals surface area (Å²) >= 11 is 0. The molecule has 0 saturated carbocycles. The van der Waals surface area contributed by atoms with E-state index in [1.807, 2.05) is 12.3 Å². The largest absolute Gasteiger partial charge is 0.398 e. The Bertz CT molecular complexity index is 430. The van der Waals surface area contributed by atoms with Crippen LogP contribution in [0.1, 0.15) is 32.4 Å². The number of anilines is 1. The van der Waals surface area contributed by atoms with Crippen molar-refractivity contribution in [2.75, 3.05) is 38.6 Å². The van der Waals surface area contributed by atoms with Crippen LogP contribution < -0.4 is 11.1 Å². The van der Waals surface area contributed by atoms with Crippen molar-refractivity contribution in [3.63, 3.8) is 0 Å². The second-order valence-electron chi connectivity index (χ2n) is 5.75. The van der Waals surface area contributed by atoms with Crippen LogP contribution in [0.2, 0.25) is 0 Å².